The number of hydrogen-bond acceptors (Lipinski definition) is 6. The number of benzene rings is 1. The monoisotopic (exact) mass is 490 g/mol. The van der Waals surface area contributed by atoms with Crippen LogP contribution in [-0.2, 0) is 24.9 Å². The smallest absolute Gasteiger partial charge is 0.161 e. The Balaban J connectivity index is 1.13. The quantitative estimate of drug-likeness (QED) is 0.275. The molecule has 184 valence electrons. The number of aromatic nitrogens is 6. The van der Waals surface area contributed by atoms with Crippen LogP contribution in [0.25, 0.3) is 28.2 Å². The van der Waals surface area contributed by atoms with Crippen molar-refractivity contribution >= 4 is 11.4 Å². The SMILES string of the molecule is C=C(Cc1nc2cccc(-c3ccc(OCc4ccc(-c5cnn(C)c5)nc4)cc3)n2n1)C(=O)C1CC1. The highest BCUT2D eigenvalue weighted by molar-refractivity contribution is 5.98. The lowest BCUT2D eigenvalue weighted by molar-refractivity contribution is -0.116. The van der Waals surface area contributed by atoms with Gasteiger partial charge in [0, 0.05) is 48.5 Å². The zero-order chi connectivity index (χ0) is 25.4. The molecule has 0 aliphatic heterocycles. The summed E-state index contributed by atoms with van der Waals surface area (Å²) in [5.74, 6) is 1.68. The molecule has 1 saturated carbocycles. The molecule has 0 radical (unpaired) electrons. The Morgan fingerprint density at radius 3 is 2.59 bits per heavy atom. The maximum absolute atomic E-state index is 12.3. The summed E-state index contributed by atoms with van der Waals surface area (Å²) in [6.07, 6.45) is 7.88. The highest BCUT2D eigenvalue weighted by atomic mass is 16.5. The predicted molar refractivity (Wildman–Crippen MR) is 140 cm³/mol. The van der Waals surface area contributed by atoms with E-state index < -0.39 is 0 Å². The second kappa shape index (κ2) is 9.46. The topological polar surface area (TPSA) is 87.2 Å². The molecule has 0 N–H and O–H groups in total. The van der Waals surface area contributed by atoms with Crippen LogP contribution < -0.4 is 4.74 Å². The summed E-state index contributed by atoms with van der Waals surface area (Å²) in [6.45, 7) is 4.39. The van der Waals surface area contributed by atoms with Gasteiger partial charge in [0.2, 0.25) is 0 Å². The average Bonchev–Trinajstić information content (AvgIpc) is 3.55. The Morgan fingerprint density at radius 2 is 1.89 bits per heavy atom. The first-order chi connectivity index (χ1) is 18.0. The first-order valence-corrected chi connectivity index (χ1v) is 12.3. The van der Waals surface area contributed by atoms with Crippen molar-refractivity contribution in [2.24, 2.45) is 13.0 Å². The van der Waals surface area contributed by atoms with E-state index in [0.717, 1.165) is 52.3 Å². The van der Waals surface area contributed by atoms with Crippen LogP contribution in [0.5, 0.6) is 5.75 Å². The normalized spacial score (nSPS) is 13.1. The number of ether oxygens (including phenoxy) is 1. The van der Waals surface area contributed by atoms with Crippen molar-refractivity contribution in [3.8, 4) is 28.3 Å². The maximum Gasteiger partial charge on any atom is 0.161 e. The number of pyridine rings is 2. The van der Waals surface area contributed by atoms with E-state index in [9.17, 15) is 4.79 Å². The van der Waals surface area contributed by atoms with Crippen LogP contribution >= 0.6 is 0 Å². The molecule has 37 heavy (non-hydrogen) atoms. The van der Waals surface area contributed by atoms with E-state index in [1.807, 2.05) is 78.6 Å². The summed E-state index contributed by atoms with van der Waals surface area (Å²) in [4.78, 5) is 21.4. The molecular weight excluding hydrogens is 464 g/mol. The van der Waals surface area contributed by atoms with Crippen molar-refractivity contribution in [1.82, 2.24) is 29.4 Å². The first kappa shape index (κ1) is 22.8. The number of carbonyl (C=O) groups is 1. The van der Waals surface area contributed by atoms with Crippen molar-refractivity contribution in [1.29, 1.82) is 0 Å². The van der Waals surface area contributed by atoms with E-state index in [4.69, 9.17) is 4.74 Å². The van der Waals surface area contributed by atoms with Crippen LogP contribution in [0.1, 0.15) is 24.2 Å². The van der Waals surface area contributed by atoms with Gasteiger partial charge in [-0.1, -0.05) is 18.7 Å². The Hall–Kier alpha value is -4.59. The largest absolute Gasteiger partial charge is 0.489 e. The fourth-order valence-corrected chi connectivity index (χ4v) is 4.28. The molecule has 4 heterocycles. The summed E-state index contributed by atoms with van der Waals surface area (Å²) >= 11 is 0. The van der Waals surface area contributed by atoms with E-state index in [1.54, 1.807) is 10.9 Å². The standard InChI is InChI=1S/C29H26N6O2/c1-19(29(36)22-7-8-22)14-27-32-28-5-3-4-26(35(28)33-27)21-9-11-24(12-10-21)37-18-20-6-13-25(30-15-20)23-16-31-34(2)17-23/h3-6,9-13,15-17,22H,1,7-8,14,18H2,2H3. The number of nitrogens with zero attached hydrogens (tertiary/aromatic N) is 6. The molecule has 0 saturated heterocycles. The second-order valence-electron chi connectivity index (χ2n) is 9.40. The van der Waals surface area contributed by atoms with Gasteiger partial charge in [-0.05, 0) is 60.9 Å². The lowest BCUT2D eigenvalue weighted by Crippen LogP contribution is -2.07. The maximum atomic E-state index is 12.3. The number of carbonyl (C=O) groups excluding carboxylic acids is 1. The summed E-state index contributed by atoms with van der Waals surface area (Å²) < 4.78 is 9.56. The van der Waals surface area contributed by atoms with Gasteiger partial charge in [-0.2, -0.15) is 10.2 Å². The first-order valence-electron chi connectivity index (χ1n) is 12.3. The Kier molecular flexibility index (Phi) is 5.84. The minimum Gasteiger partial charge on any atom is -0.489 e. The van der Waals surface area contributed by atoms with Crippen molar-refractivity contribution in [3.63, 3.8) is 0 Å². The molecule has 1 aliphatic rings. The summed E-state index contributed by atoms with van der Waals surface area (Å²) in [6, 6.07) is 17.8. The second-order valence-corrected chi connectivity index (χ2v) is 9.40. The van der Waals surface area contributed by atoms with Gasteiger partial charge < -0.3 is 4.74 Å². The molecule has 6 rings (SSSR count). The number of ketones is 1. The molecule has 1 fully saturated rings. The Morgan fingerprint density at radius 1 is 1.05 bits per heavy atom. The van der Waals surface area contributed by atoms with Crippen molar-refractivity contribution in [2.45, 2.75) is 25.9 Å². The van der Waals surface area contributed by atoms with Gasteiger partial charge in [-0.3, -0.25) is 14.5 Å². The highest BCUT2D eigenvalue weighted by Gasteiger charge is 2.31. The fraction of sp³-hybridized carbons (Fsp3) is 0.207. The van der Waals surface area contributed by atoms with Gasteiger partial charge >= 0.3 is 0 Å². The van der Waals surface area contributed by atoms with Crippen LogP contribution in [0.4, 0.5) is 0 Å². The Labute approximate surface area is 214 Å². The lowest BCUT2D eigenvalue weighted by atomic mass is 10.1. The van der Waals surface area contributed by atoms with Crippen molar-refractivity contribution in [2.75, 3.05) is 0 Å². The molecule has 5 aromatic rings. The van der Waals surface area contributed by atoms with Crippen LogP contribution in [0.3, 0.4) is 0 Å². The Bertz CT molecular complexity index is 1590. The lowest BCUT2D eigenvalue weighted by Gasteiger charge is -2.08. The van der Waals surface area contributed by atoms with Crippen molar-refractivity contribution in [3.05, 3.63) is 96.7 Å². The number of aryl methyl sites for hydroxylation is 1. The third kappa shape index (κ3) is 4.91. The van der Waals surface area contributed by atoms with Gasteiger partial charge in [-0.25, -0.2) is 9.50 Å². The van der Waals surface area contributed by atoms with E-state index >= 15 is 0 Å². The van der Waals surface area contributed by atoms with Crippen LogP contribution in [0.2, 0.25) is 0 Å². The van der Waals surface area contributed by atoms with Crippen LogP contribution in [-0.4, -0.2) is 35.1 Å². The van der Waals surface area contributed by atoms with Gasteiger partial charge in [0.05, 0.1) is 17.6 Å². The third-order valence-electron chi connectivity index (χ3n) is 6.45. The minimum atomic E-state index is 0.148. The van der Waals surface area contributed by atoms with Gasteiger partial charge in [0.15, 0.2) is 17.3 Å². The number of fused-ring (bicyclic) bond motifs is 1. The van der Waals surface area contributed by atoms with Gasteiger partial charge in [0.1, 0.15) is 12.4 Å². The predicted octanol–water partition coefficient (Wildman–Crippen LogP) is 4.85. The zero-order valence-corrected chi connectivity index (χ0v) is 20.5. The summed E-state index contributed by atoms with van der Waals surface area (Å²) in [5.41, 5.74) is 6.08. The number of Topliss-reactive ketones (excluding diaryl/α,β-unsaturated/α-hetero) is 1. The van der Waals surface area contributed by atoms with Crippen LogP contribution in [0.15, 0.2) is 85.3 Å². The molecule has 4 aromatic heterocycles. The van der Waals surface area contributed by atoms with E-state index in [-0.39, 0.29) is 11.7 Å². The molecular formula is C29H26N6O2. The number of hydrogen-bond donors (Lipinski definition) is 0. The third-order valence-corrected chi connectivity index (χ3v) is 6.45. The molecule has 0 spiro atoms. The molecule has 1 aromatic carbocycles. The zero-order valence-electron chi connectivity index (χ0n) is 20.5. The molecule has 0 bridgehead atoms. The van der Waals surface area contributed by atoms with E-state index in [1.165, 1.54) is 0 Å². The fourth-order valence-electron chi connectivity index (χ4n) is 4.28. The number of rotatable bonds is 9. The van der Waals surface area contributed by atoms with E-state index in [0.29, 0.717) is 24.4 Å². The van der Waals surface area contributed by atoms with E-state index in [2.05, 4.69) is 26.7 Å². The minimum absolute atomic E-state index is 0.148. The summed E-state index contributed by atoms with van der Waals surface area (Å²) in [5, 5.41) is 8.86. The molecule has 8 heteroatoms. The molecule has 0 atom stereocenters. The molecule has 0 amide bonds. The highest BCUT2D eigenvalue weighted by Crippen LogP contribution is 2.32. The van der Waals surface area contributed by atoms with Gasteiger partial charge in [0.25, 0.3) is 0 Å². The number of allylic oxidation sites excluding steroid dienone is 1. The van der Waals surface area contributed by atoms with Gasteiger partial charge in [-0.15, -0.1) is 0 Å². The molecule has 8 nitrogen and oxygen atoms in total. The molecule has 0 unspecified atom stereocenters. The summed E-state index contributed by atoms with van der Waals surface area (Å²) in [7, 11) is 1.89. The molecule has 1 aliphatic carbocycles. The van der Waals surface area contributed by atoms with Crippen LogP contribution in [0, 0.1) is 5.92 Å². The van der Waals surface area contributed by atoms with Crippen molar-refractivity contribution < 1.29 is 9.53 Å². The average molecular weight is 491 g/mol.